The van der Waals surface area contributed by atoms with Crippen LogP contribution in [0.4, 0.5) is 5.82 Å². The van der Waals surface area contributed by atoms with Crippen molar-refractivity contribution < 1.29 is 17.9 Å². The van der Waals surface area contributed by atoms with Crippen molar-refractivity contribution in [2.45, 2.75) is 65.3 Å². The molecule has 3 atom stereocenters. The van der Waals surface area contributed by atoms with Crippen molar-refractivity contribution in [1.29, 1.82) is 5.26 Å². The lowest BCUT2D eigenvalue weighted by Gasteiger charge is -2.39. The van der Waals surface area contributed by atoms with Crippen LogP contribution in [0, 0.1) is 18.3 Å². The van der Waals surface area contributed by atoms with Gasteiger partial charge in [-0.05, 0) is 45.3 Å². The van der Waals surface area contributed by atoms with Gasteiger partial charge < -0.3 is 9.64 Å². The smallest absolute Gasteiger partial charge is 0.270 e. The number of thioether (sulfide) groups is 1. The third-order valence-corrected chi connectivity index (χ3v) is 9.77. The molecule has 4 heterocycles. The molecule has 194 valence electrons. The monoisotopic (exact) mass is 550 g/mol. The first-order valence-electron chi connectivity index (χ1n) is 12.0. The standard InChI is InChI=1S/C24H30N4O5S3/c1-5-7-27-21(26-11-14(2)33-15(3)12-26)18(16(4)19(10-25)22(27)29)9-20-23(30)28(24(34)35-20)17-6-8-36(31,32)13-17/h9,14-15,17H,5-8,11-13H2,1-4H3/b20-9+. The highest BCUT2D eigenvalue weighted by molar-refractivity contribution is 8.26. The Labute approximate surface area is 221 Å². The molecule has 0 spiro atoms. The summed E-state index contributed by atoms with van der Waals surface area (Å²) in [6.45, 7) is 9.17. The van der Waals surface area contributed by atoms with Crippen molar-refractivity contribution in [3.05, 3.63) is 31.9 Å². The fraction of sp³-hybridized carbons (Fsp3) is 0.583. The molecule has 3 fully saturated rings. The van der Waals surface area contributed by atoms with Gasteiger partial charge in [0.25, 0.3) is 11.5 Å². The third-order valence-electron chi connectivity index (χ3n) is 6.69. The normalized spacial score (nSPS) is 27.2. The lowest BCUT2D eigenvalue weighted by molar-refractivity contribution is -0.123. The number of thiocarbonyl (C=S) groups is 1. The summed E-state index contributed by atoms with van der Waals surface area (Å²) in [6, 6.07) is 1.58. The molecule has 3 saturated heterocycles. The molecule has 4 rings (SSSR count). The summed E-state index contributed by atoms with van der Waals surface area (Å²) in [6.07, 6.45) is 2.63. The summed E-state index contributed by atoms with van der Waals surface area (Å²) in [5, 5.41) is 9.82. The SMILES string of the molecule is CCCn1c(N2CC(C)OC(C)C2)c(/C=C2/SC(=S)N(C3CCS(=O)(=O)C3)C2=O)c(C)c(C#N)c1=O. The van der Waals surface area contributed by atoms with Crippen LogP contribution in [0.15, 0.2) is 9.70 Å². The minimum absolute atomic E-state index is 0.0396. The molecule has 36 heavy (non-hydrogen) atoms. The maximum absolute atomic E-state index is 13.4. The van der Waals surface area contributed by atoms with Gasteiger partial charge in [0, 0.05) is 25.2 Å². The highest BCUT2D eigenvalue weighted by Crippen LogP contribution is 2.38. The van der Waals surface area contributed by atoms with Crippen LogP contribution in [-0.4, -0.2) is 71.0 Å². The van der Waals surface area contributed by atoms with Crippen LogP contribution in [0.25, 0.3) is 6.08 Å². The quantitative estimate of drug-likeness (QED) is 0.403. The Morgan fingerprint density at radius 3 is 2.47 bits per heavy atom. The number of aromatic nitrogens is 1. The van der Waals surface area contributed by atoms with E-state index in [1.54, 1.807) is 17.6 Å². The fourth-order valence-corrected chi connectivity index (χ4v) is 8.25. The van der Waals surface area contributed by atoms with Crippen LogP contribution in [0.3, 0.4) is 0 Å². The zero-order valence-corrected chi connectivity index (χ0v) is 23.3. The number of sulfone groups is 1. The maximum Gasteiger partial charge on any atom is 0.270 e. The van der Waals surface area contributed by atoms with E-state index in [1.165, 1.54) is 4.90 Å². The molecule has 3 aliphatic heterocycles. The van der Waals surface area contributed by atoms with Gasteiger partial charge in [-0.15, -0.1) is 0 Å². The number of hydrogen-bond acceptors (Lipinski definition) is 9. The molecule has 0 radical (unpaired) electrons. The van der Waals surface area contributed by atoms with Crippen molar-refractivity contribution >= 4 is 55.9 Å². The number of anilines is 1. The van der Waals surface area contributed by atoms with Crippen molar-refractivity contribution in [3.8, 4) is 6.07 Å². The van der Waals surface area contributed by atoms with Gasteiger partial charge >= 0.3 is 0 Å². The highest BCUT2D eigenvalue weighted by atomic mass is 32.2. The molecular formula is C24H30N4O5S3. The maximum atomic E-state index is 13.4. The zero-order chi connectivity index (χ0) is 26.4. The number of nitriles is 1. The van der Waals surface area contributed by atoms with E-state index in [9.17, 15) is 23.3 Å². The van der Waals surface area contributed by atoms with Gasteiger partial charge in [0.1, 0.15) is 21.8 Å². The van der Waals surface area contributed by atoms with Gasteiger partial charge in [-0.1, -0.05) is 30.9 Å². The van der Waals surface area contributed by atoms with E-state index in [2.05, 4.69) is 11.0 Å². The van der Waals surface area contributed by atoms with E-state index < -0.39 is 15.9 Å². The van der Waals surface area contributed by atoms with Gasteiger partial charge in [-0.2, -0.15) is 5.26 Å². The first kappa shape index (κ1) is 26.9. The van der Waals surface area contributed by atoms with E-state index in [1.807, 2.05) is 20.8 Å². The van der Waals surface area contributed by atoms with Gasteiger partial charge in [0.15, 0.2) is 9.84 Å². The van der Waals surface area contributed by atoms with E-state index in [0.29, 0.717) is 58.6 Å². The van der Waals surface area contributed by atoms with Crippen molar-refractivity contribution in [2.75, 3.05) is 29.5 Å². The topological polar surface area (TPSA) is 113 Å². The largest absolute Gasteiger partial charge is 0.372 e. The molecular weight excluding hydrogens is 520 g/mol. The van der Waals surface area contributed by atoms with E-state index in [0.717, 1.165) is 11.8 Å². The number of carbonyl (C=O) groups excluding carboxylic acids is 1. The first-order chi connectivity index (χ1) is 17.0. The third kappa shape index (κ3) is 4.98. The van der Waals surface area contributed by atoms with Crippen LogP contribution in [-0.2, 0) is 25.9 Å². The van der Waals surface area contributed by atoms with Crippen LogP contribution in [0.5, 0.6) is 0 Å². The van der Waals surface area contributed by atoms with Crippen LogP contribution < -0.4 is 10.5 Å². The Morgan fingerprint density at radius 2 is 1.92 bits per heavy atom. The Balaban J connectivity index is 1.86. The van der Waals surface area contributed by atoms with Gasteiger partial charge in [-0.3, -0.25) is 19.1 Å². The predicted octanol–water partition coefficient (Wildman–Crippen LogP) is 2.44. The number of morpholine rings is 1. The number of amides is 1. The summed E-state index contributed by atoms with van der Waals surface area (Å²) >= 11 is 6.61. The van der Waals surface area contributed by atoms with Crippen molar-refractivity contribution in [3.63, 3.8) is 0 Å². The number of pyridine rings is 1. The fourth-order valence-electron chi connectivity index (χ4n) is 5.17. The second-order valence-electron chi connectivity index (χ2n) is 9.58. The van der Waals surface area contributed by atoms with Gasteiger partial charge in [0.05, 0.1) is 34.7 Å². The Kier molecular flexibility index (Phi) is 7.67. The summed E-state index contributed by atoms with van der Waals surface area (Å²) in [7, 11) is -3.20. The lowest BCUT2D eigenvalue weighted by atomic mass is 10.0. The summed E-state index contributed by atoms with van der Waals surface area (Å²) in [4.78, 5) is 30.6. The molecule has 9 nitrogen and oxygen atoms in total. The molecule has 3 unspecified atom stereocenters. The Bertz CT molecular complexity index is 1330. The van der Waals surface area contributed by atoms with Crippen LogP contribution >= 0.6 is 24.0 Å². The molecule has 0 saturated carbocycles. The van der Waals surface area contributed by atoms with E-state index in [4.69, 9.17) is 17.0 Å². The van der Waals surface area contributed by atoms with Gasteiger partial charge in [-0.25, -0.2) is 8.42 Å². The predicted molar refractivity (Wildman–Crippen MR) is 145 cm³/mol. The molecule has 0 bridgehead atoms. The van der Waals surface area contributed by atoms with E-state index >= 15 is 0 Å². The minimum atomic E-state index is -3.20. The van der Waals surface area contributed by atoms with Gasteiger partial charge in [0.2, 0.25) is 0 Å². The number of ether oxygens (including phenoxy) is 1. The number of nitrogens with zero attached hydrogens (tertiary/aromatic N) is 4. The minimum Gasteiger partial charge on any atom is -0.372 e. The summed E-state index contributed by atoms with van der Waals surface area (Å²) in [5.74, 6) is 0.264. The van der Waals surface area contributed by atoms with E-state index in [-0.39, 0.29) is 40.7 Å². The highest BCUT2D eigenvalue weighted by Gasteiger charge is 2.42. The molecule has 1 aromatic heterocycles. The number of rotatable bonds is 5. The van der Waals surface area contributed by atoms with Crippen LogP contribution in [0.1, 0.15) is 50.3 Å². The number of hydrogen-bond donors (Lipinski definition) is 0. The average Bonchev–Trinajstić information content (AvgIpc) is 3.28. The lowest BCUT2D eigenvalue weighted by Crippen LogP contribution is -2.48. The summed E-state index contributed by atoms with van der Waals surface area (Å²) < 4.78 is 31.9. The molecule has 1 amide bonds. The second-order valence-corrected chi connectivity index (χ2v) is 13.5. The molecule has 0 aliphatic carbocycles. The molecule has 1 aromatic rings. The molecule has 0 aromatic carbocycles. The molecule has 3 aliphatic rings. The molecule has 12 heteroatoms. The number of carbonyl (C=O) groups is 1. The Hall–Kier alpha value is -2.20. The van der Waals surface area contributed by atoms with Crippen molar-refractivity contribution in [2.24, 2.45) is 0 Å². The first-order valence-corrected chi connectivity index (χ1v) is 15.1. The van der Waals surface area contributed by atoms with Crippen LogP contribution in [0.2, 0.25) is 0 Å². The molecule has 0 N–H and O–H groups in total. The second kappa shape index (κ2) is 10.3. The van der Waals surface area contributed by atoms with Crippen molar-refractivity contribution in [1.82, 2.24) is 9.47 Å². The zero-order valence-electron chi connectivity index (χ0n) is 20.8. The average molecular weight is 551 g/mol. The Morgan fingerprint density at radius 1 is 1.25 bits per heavy atom. The summed E-state index contributed by atoms with van der Waals surface area (Å²) in [5.41, 5.74) is 0.829.